The zero-order valence-electron chi connectivity index (χ0n) is 14.6. The van der Waals surface area contributed by atoms with E-state index in [2.05, 4.69) is 10.3 Å². The molecule has 0 bridgehead atoms. The van der Waals surface area contributed by atoms with E-state index in [9.17, 15) is 4.39 Å². The lowest BCUT2D eigenvalue weighted by Crippen LogP contribution is -2.29. The summed E-state index contributed by atoms with van der Waals surface area (Å²) in [5.41, 5.74) is 8.58. The van der Waals surface area contributed by atoms with Gasteiger partial charge >= 0.3 is 0 Å². The van der Waals surface area contributed by atoms with Crippen LogP contribution in [0.5, 0.6) is 0 Å². The maximum absolute atomic E-state index is 14.5. The Labute approximate surface area is 157 Å². The van der Waals surface area contributed by atoms with E-state index in [0.29, 0.717) is 17.9 Å². The van der Waals surface area contributed by atoms with Crippen LogP contribution in [-0.2, 0) is 6.54 Å². The van der Waals surface area contributed by atoms with Crippen LogP contribution in [0.2, 0.25) is 0 Å². The minimum Gasteiger partial charge on any atom is -0.383 e. The van der Waals surface area contributed by atoms with Crippen LogP contribution < -0.4 is 11.1 Å². The predicted molar refractivity (Wildman–Crippen MR) is 108 cm³/mol. The molecule has 2 aromatic carbocycles. The molecule has 2 atom stereocenters. The maximum atomic E-state index is 14.5. The molecular formula is C21H22FN3S. The number of benzene rings is 2. The molecule has 134 valence electrons. The van der Waals surface area contributed by atoms with Crippen molar-refractivity contribution in [3.8, 4) is 0 Å². The topological polar surface area (TPSA) is 50.4 Å². The second-order valence-corrected chi connectivity index (χ2v) is 7.07. The average Bonchev–Trinajstić information content (AvgIpc) is 3.22. The van der Waals surface area contributed by atoms with Crippen LogP contribution in [0.4, 0.5) is 10.1 Å². The number of hydrogen-bond acceptors (Lipinski definition) is 3. The average molecular weight is 367 g/mol. The largest absolute Gasteiger partial charge is 0.383 e. The van der Waals surface area contributed by atoms with Gasteiger partial charge in [-0.15, -0.1) is 11.3 Å². The van der Waals surface area contributed by atoms with Gasteiger partial charge in [-0.3, -0.25) is 0 Å². The van der Waals surface area contributed by atoms with Crippen LogP contribution in [0.25, 0.3) is 0 Å². The molecule has 0 fully saturated rings. The molecule has 0 saturated carbocycles. The fraction of sp³-hybridized carbons (Fsp3) is 0.190. The van der Waals surface area contributed by atoms with Crippen molar-refractivity contribution >= 4 is 22.9 Å². The predicted octanol–water partition coefficient (Wildman–Crippen LogP) is 4.97. The number of aliphatic imine (C=N–C) groups is 1. The number of alkyl halides is 1. The number of thiophene rings is 1. The van der Waals surface area contributed by atoms with Gasteiger partial charge in [0.25, 0.3) is 0 Å². The standard InChI is InChI=1S/C21H22FN3S/c1-15(20(22)17-6-3-2-4-7-17)24-14-16-9-11-18(12-10-16)25-21(23)19-8-5-13-26-19/h2-13,15,20,24H,14H2,1H3,(H2,23,25)/t15-,20+/m1/s1. The fourth-order valence-electron chi connectivity index (χ4n) is 2.61. The lowest BCUT2D eigenvalue weighted by Gasteiger charge is -2.18. The molecule has 0 unspecified atom stereocenters. The molecule has 3 rings (SSSR count). The van der Waals surface area contributed by atoms with E-state index >= 15 is 0 Å². The summed E-state index contributed by atoms with van der Waals surface area (Å²) in [5.74, 6) is 0.516. The van der Waals surface area contributed by atoms with Crippen LogP contribution in [0.15, 0.2) is 77.1 Å². The smallest absolute Gasteiger partial charge is 0.141 e. The van der Waals surface area contributed by atoms with Crippen molar-refractivity contribution in [1.82, 2.24) is 5.32 Å². The second kappa shape index (κ2) is 8.74. The monoisotopic (exact) mass is 367 g/mol. The van der Waals surface area contributed by atoms with E-state index in [4.69, 9.17) is 5.73 Å². The van der Waals surface area contributed by atoms with Crippen LogP contribution in [0.1, 0.15) is 29.1 Å². The maximum Gasteiger partial charge on any atom is 0.141 e. The number of halogens is 1. The van der Waals surface area contributed by atoms with E-state index in [-0.39, 0.29) is 6.04 Å². The molecule has 3 nitrogen and oxygen atoms in total. The van der Waals surface area contributed by atoms with Gasteiger partial charge in [-0.25, -0.2) is 9.38 Å². The van der Waals surface area contributed by atoms with Gasteiger partial charge in [-0.05, 0) is 41.6 Å². The number of nitrogens with two attached hydrogens (primary N) is 1. The van der Waals surface area contributed by atoms with Gasteiger partial charge in [0.1, 0.15) is 12.0 Å². The van der Waals surface area contributed by atoms with Crippen molar-refractivity contribution in [3.63, 3.8) is 0 Å². The van der Waals surface area contributed by atoms with Gasteiger partial charge in [-0.1, -0.05) is 48.5 Å². The summed E-state index contributed by atoms with van der Waals surface area (Å²) in [4.78, 5) is 5.39. The first-order valence-electron chi connectivity index (χ1n) is 8.53. The van der Waals surface area contributed by atoms with Crippen molar-refractivity contribution in [1.29, 1.82) is 0 Å². The summed E-state index contributed by atoms with van der Waals surface area (Å²) >= 11 is 1.56. The molecule has 5 heteroatoms. The summed E-state index contributed by atoms with van der Waals surface area (Å²) in [6, 6.07) is 20.7. The summed E-state index contributed by atoms with van der Waals surface area (Å²) < 4.78 is 14.5. The van der Waals surface area contributed by atoms with Gasteiger partial charge < -0.3 is 11.1 Å². The van der Waals surface area contributed by atoms with Gasteiger partial charge in [0.05, 0.1) is 10.6 Å². The molecule has 0 aliphatic carbocycles. The van der Waals surface area contributed by atoms with Crippen molar-refractivity contribution < 1.29 is 4.39 Å². The number of rotatable bonds is 7. The van der Waals surface area contributed by atoms with Crippen molar-refractivity contribution in [2.24, 2.45) is 10.7 Å². The molecule has 3 aromatic rings. The third kappa shape index (κ3) is 4.77. The molecule has 1 aromatic heterocycles. The molecule has 0 radical (unpaired) electrons. The van der Waals surface area contributed by atoms with Gasteiger partial charge in [0, 0.05) is 12.6 Å². The minimum absolute atomic E-state index is 0.274. The Hall–Kier alpha value is -2.50. The van der Waals surface area contributed by atoms with Crippen LogP contribution in [-0.4, -0.2) is 11.9 Å². The highest BCUT2D eigenvalue weighted by Gasteiger charge is 2.17. The Kier molecular flexibility index (Phi) is 6.15. The molecule has 0 aliphatic heterocycles. The molecule has 0 aliphatic rings. The zero-order chi connectivity index (χ0) is 18.4. The van der Waals surface area contributed by atoms with E-state index in [1.54, 1.807) is 11.3 Å². The number of amidine groups is 1. The number of nitrogens with one attached hydrogen (secondary N) is 1. The summed E-state index contributed by atoms with van der Waals surface area (Å²) in [6.45, 7) is 2.46. The van der Waals surface area contributed by atoms with E-state index in [0.717, 1.165) is 16.1 Å². The molecule has 26 heavy (non-hydrogen) atoms. The van der Waals surface area contributed by atoms with Gasteiger partial charge in [-0.2, -0.15) is 0 Å². The first-order valence-corrected chi connectivity index (χ1v) is 9.41. The number of hydrogen-bond donors (Lipinski definition) is 2. The van der Waals surface area contributed by atoms with Crippen LogP contribution >= 0.6 is 11.3 Å². The molecule has 0 saturated heterocycles. The molecule has 3 N–H and O–H groups in total. The van der Waals surface area contributed by atoms with Gasteiger partial charge in [0.2, 0.25) is 0 Å². The Morgan fingerprint density at radius 2 is 1.81 bits per heavy atom. The Morgan fingerprint density at radius 1 is 1.08 bits per heavy atom. The first-order chi connectivity index (χ1) is 12.6. The molecular weight excluding hydrogens is 345 g/mol. The Bertz CT molecular complexity index is 829. The highest BCUT2D eigenvalue weighted by atomic mass is 32.1. The Morgan fingerprint density at radius 3 is 2.46 bits per heavy atom. The SMILES string of the molecule is C[C@@H](NCc1ccc(N=C(N)c2cccs2)cc1)[C@H](F)c1ccccc1. The van der Waals surface area contributed by atoms with Crippen LogP contribution in [0.3, 0.4) is 0 Å². The molecule has 0 spiro atoms. The third-order valence-corrected chi connectivity index (χ3v) is 5.04. The highest BCUT2D eigenvalue weighted by Crippen LogP contribution is 2.21. The number of nitrogens with zero attached hydrogens (tertiary/aromatic N) is 1. The van der Waals surface area contributed by atoms with Crippen molar-refractivity contribution in [2.45, 2.75) is 25.7 Å². The highest BCUT2D eigenvalue weighted by molar-refractivity contribution is 7.12. The quantitative estimate of drug-likeness (QED) is 0.457. The Balaban J connectivity index is 1.57. The summed E-state index contributed by atoms with van der Waals surface area (Å²) in [7, 11) is 0. The van der Waals surface area contributed by atoms with E-state index < -0.39 is 6.17 Å². The van der Waals surface area contributed by atoms with E-state index in [1.165, 1.54) is 0 Å². The molecule has 0 amide bonds. The second-order valence-electron chi connectivity index (χ2n) is 6.12. The summed E-state index contributed by atoms with van der Waals surface area (Å²) in [5, 5.41) is 5.22. The van der Waals surface area contributed by atoms with Crippen molar-refractivity contribution in [2.75, 3.05) is 0 Å². The minimum atomic E-state index is -1.04. The fourth-order valence-corrected chi connectivity index (χ4v) is 3.24. The summed E-state index contributed by atoms with van der Waals surface area (Å²) in [6.07, 6.45) is -1.04. The lowest BCUT2D eigenvalue weighted by atomic mass is 10.0. The van der Waals surface area contributed by atoms with Crippen LogP contribution in [0, 0.1) is 0 Å². The zero-order valence-corrected chi connectivity index (χ0v) is 15.4. The van der Waals surface area contributed by atoms with E-state index in [1.807, 2.05) is 79.0 Å². The lowest BCUT2D eigenvalue weighted by molar-refractivity contribution is 0.264. The first kappa shape index (κ1) is 18.3. The van der Waals surface area contributed by atoms with Crippen molar-refractivity contribution in [3.05, 3.63) is 88.1 Å². The normalized spacial score (nSPS) is 14.2. The van der Waals surface area contributed by atoms with Gasteiger partial charge in [0.15, 0.2) is 0 Å². The molecule has 1 heterocycles. The third-order valence-electron chi connectivity index (χ3n) is 4.14.